The van der Waals surface area contributed by atoms with Crippen LogP contribution in [-0.4, -0.2) is 27.1 Å². The van der Waals surface area contributed by atoms with E-state index in [0.29, 0.717) is 30.0 Å². The molecule has 176 valence electrons. The highest BCUT2D eigenvalue weighted by molar-refractivity contribution is 9.10. The number of hydrogen-bond donors (Lipinski definition) is 1. The van der Waals surface area contributed by atoms with E-state index in [2.05, 4.69) is 20.9 Å². The maximum absolute atomic E-state index is 13.7. The molecular formula is C27H23BrN4O3. The van der Waals surface area contributed by atoms with Crippen molar-refractivity contribution in [3.63, 3.8) is 0 Å². The third kappa shape index (κ3) is 4.70. The normalized spacial score (nSPS) is 12.9. The zero-order valence-electron chi connectivity index (χ0n) is 18.8. The zero-order valence-corrected chi connectivity index (χ0v) is 20.4. The summed E-state index contributed by atoms with van der Waals surface area (Å²) in [6, 6.07) is 26.2. The summed E-state index contributed by atoms with van der Waals surface area (Å²) in [6.45, 7) is 0.506. The molecule has 35 heavy (non-hydrogen) atoms. The van der Waals surface area contributed by atoms with Gasteiger partial charge in [-0.25, -0.2) is 9.78 Å². The summed E-state index contributed by atoms with van der Waals surface area (Å²) in [6.07, 6.45) is -0.129. The summed E-state index contributed by atoms with van der Waals surface area (Å²) in [5, 5.41) is 0. The number of nitrogens with zero attached hydrogens (tertiary/aromatic N) is 3. The molecule has 2 N–H and O–H groups in total. The van der Waals surface area contributed by atoms with Crippen LogP contribution >= 0.6 is 15.9 Å². The largest absolute Gasteiger partial charge is 0.415 e. The van der Waals surface area contributed by atoms with Crippen LogP contribution in [0.3, 0.4) is 0 Å². The predicted molar refractivity (Wildman–Crippen MR) is 137 cm³/mol. The Hall–Kier alpha value is -3.91. The fraction of sp³-hybridized carbons (Fsp3) is 0.148. The van der Waals surface area contributed by atoms with Crippen molar-refractivity contribution in [2.75, 3.05) is 12.3 Å². The van der Waals surface area contributed by atoms with E-state index in [1.165, 1.54) is 4.90 Å². The Morgan fingerprint density at radius 2 is 1.63 bits per heavy atom. The number of carbonyl (C=O) groups is 1. The molecule has 1 amide bonds. The third-order valence-corrected chi connectivity index (χ3v) is 6.54. The molecule has 5 rings (SSSR count). The number of aromatic nitrogens is 2. The van der Waals surface area contributed by atoms with Gasteiger partial charge in [0.2, 0.25) is 5.95 Å². The summed E-state index contributed by atoms with van der Waals surface area (Å²) >= 11 is 3.37. The van der Waals surface area contributed by atoms with E-state index in [1.807, 2.05) is 66.7 Å². The first kappa shape index (κ1) is 22.9. The van der Waals surface area contributed by atoms with Gasteiger partial charge in [0.15, 0.2) is 0 Å². The molecule has 0 saturated heterocycles. The standard InChI is InChI=1S/C27H23BrN4O3/c28-20-12-7-13-21(16-20)35-27(34)31-15-14-22-23(17-31)30-26(29)32(25(22)33)24(18-8-3-1-4-9-18)19-10-5-2-6-11-19/h1-13,16,24H,14-15,17H2,(H2,29,30). The summed E-state index contributed by atoms with van der Waals surface area (Å²) < 4.78 is 7.87. The van der Waals surface area contributed by atoms with Crippen molar-refractivity contribution in [1.82, 2.24) is 14.5 Å². The van der Waals surface area contributed by atoms with E-state index >= 15 is 0 Å². The number of carbonyl (C=O) groups excluding carboxylic acids is 1. The average molecular weight is 531 g/mol. The number of ether oxygens (including phenoxy) is 1. The predicted octanol–water partition coefficient (Wildman–Crippen LogP) is 4.78. The van der Waals surface area contributed by atoms with Crippen LogP contribution in [0.2, 0.25) is 0 Å². The average Bonchev–Trinajstić information content (AvgIpc) is 2.87. The number of fused-ring (bicyclic) bond motifs is 1. The summed E-state index contributed by atoms with van der Waals surface area (Å²) in [7, 11) is 0. The molecule has 8 heteroatoms. The van der Waals surface area contributed by atoms with Crippen molar-refractivity contribution >= 4 is 28.0 Å². The number of nitrogen functional groups attached to an aromatic ring is 1. The lowest BCUT2D eigenvalue weighted by molar-refractivity contribution is 0.145. The first-order valence-corrected chi connectivity index (χ1v) is 12.0. The molecule has 2 heterocycles. The van der Waals surface area contributed by atoms with E-state index in [1.54, 1.807) is 22.8 Å². The molecule has 1 aliphatic heterocycles. The van der Waals surface area contributed by atoms with Gasteiger partial charge in [0, 0.05) is 16.6 Å². The molecule has 0 atom stereocenters. The molecule has 0 unspecified atom stereocenters. The third-order valence-electron chi connectivity index (χ3n) is 6.04. The van der Waals surface area contributed by atoms with Gasteiger partial charge >= 0.3 is 6.09 Å². The van der Waals surface area contributed by atoms with Crippen molar-refractivity contribution < 1.29 is 9.53 Å². The van der Waals surface area contributed by atoms with Crippen molar-refractivity contribution in [2.45, 2.75) is 19.0 Å². The number of halogens is 1. The molecule has 0 spiro atoms. The highest BCUT2D eigenvalue weighted by Crippen LogP contribution is 2.28. The fourth-order valence-electron chi connectivity index (χ4n) is 4.38. The van der Waals surface area contributed by atoms with Crippen LogP contribution < -0.4 is 16.0 Å². The lowest BCUT2D eigenvalue weighted by atomic mass is 9.97. The molecule has 0 fully saturated rings. The lowest BCUT2D eigenvalue weighted by Gasteiger charge is -2.29. The van der Waals surface area contributed by atoms with Crippen molar-refractivity contribution in [3.8, 4) is 5.75 Å². The van der Waals surface area contributed by atoms with Crippen molar-refractivity contribution in [2.24, 2.45) is 0 Å². The Labute approximate surface area is 210 Å². The molecule has 0 aliphatic carbocycles. The highest BCUT2D eigenvalue weighted by Gasteiger charge is 2.29. The molecule has 7 nitrogen and oxygen atoms in total. The van der Waals surface area contributed by atoms with Crippen LogP contribution in [0.5, 0.6) is 5.75 Å². The smallest absolute Gasteiger partial charge is 0.410 e. The lowest BCUT2D eigenvalue weighted by Crippen LogP contribution is -2.43. The Bertz CT molecular complexity index is 1380. The van der Waals surface area contributed by atoms with Crippen LogP contribution in [-0.2, 0) is 13.0 Å². The number of nitrogens with two attached hydrogens (primary N) is 1. The number of anilines is 1. The molecule has 0 radical (unpaired) electrons. The quantitative estimate of drug-likeness (QED) is 0.409. The van der Waals surface area contributed by atoms with E-state index < -0.39 is 12.1 Å². The highest BCUT2D eigenvalue weighted by atomic mass is 79.9. The number of benzene rings is 3. The molecule has 0 saturated carbocycles. The number of rotatable bonds is 4. The van der Waals surface area contributed by atoms with E-state index in [9.17, 15) is 9.59 Å². The van der Waals surface area contributed by atoms with Crippen LogP contribution in [0.15, 0.2) is 94.2 Å². The Morgan fingerprint density at radius 3 is 2.26 bits per heavy atom. The minimum Gasteiger partial charge on any atom is -0.410 e. The van der Waals surface area contributed by atoms with E-state index in [4.69, 9.17) is 10.5 Å². The molecular weight excluding hydrogens is 508 g/mol. The molecule has 0 bridgehead atoms. The summed E-state index contributed by atoms with van der Waals surface area (Å²) in [4.78, 5) is 32.6. The first-order valence-electron chi connectivity index (χ1n) is 11.2. The van der Waals surface area contributed by atoms with Gasteiger partial charge in [0.25, 0.3) is 5.56 Å². The van der Waals surface area contributed by atoms with Crippen LogP contribution in [0, 0.1) is 0 Å². The number of amides is 1. The first-order chi connectivity index (χ1) is 17.0. The van der Waals surface area contributed by atoms with Gasteiger partial charge in [0.05, 0.1) is 18.3 Å². The van der Waals surface area contributed by atoms with Crippen molar-refractivity contribution in [1.29, 1.82) is 0 Å². The van der Waals surface area contributed by atoms with Gasteiger partial charge in [-0.1, -0.05) is 82.7 Å². The maximum Gasteiger partial charge on any atom is 0.415 e. The number of hydrogen-bond acceptors (Lipinski definition) is 5. The van der Waals surface area contributed by atoms with Crippen molar-refractivity contribution in [3.05, 3.63) is 122 Å². The summed E-state index contributed by atoms with van der Waals surface area (Å²) in [5.74, 6) is 0.542. The zero-order chi connectivity index (χ0) is 24.4. The minimum atomic E-state index is -0.496. The topological polar surface area (TPSA) is 90.5 Å². The van der Waals surface area contributed by atoms with Gasteiger partial charge in [0.1, 0.15) is 5.75 Å². The van der Waals surface area contributed by atoms with Gasteiger partial charge in [-0.15, -0.1) is 0 Å². The molecule has 1 aliphatic rings. The van der Waals surface area contributed by atoms with Gasteiger partial charge in [-0.2, -0.15) is 0 Å². The Morgan fingerprint density at radius 1 is 0.971 bits per heavy atom. The SMILES string of the molecule is Nc1nc2c(c(=O)n1C(c1ccccc1)c1ccccc1)CCN(C(=O)Oc1cccc(Br)c1)C2. The monoisotopic (exact) mass is 530 g/mol. The molecule has 1 aromatic heterocycles. The Kier molecular flexibility index (Phi) is 6.37. The van der Waals surface area contributed by atoms with Crippen LogP contribution in [0.4, 0.5) is 10.7 Å². The van der Waals surface area contributed by atoms with Crippen LogP contribution in [0.25, 0.3) is 0 Å². The second kappa shape index (κ2) is 9.76. The van der Waals surface area contributed by atoms with E-state index in [-0.39, 0.29) is 18.1 Å². The van der Waals surface area contributed by atoms with E-state index in [0.717, 1.165) is 15.6 Å². The molecule has 3 aromatic carbocycles. The Balaban J connectivity index is 1.48. The summed E-state index contributed by atoms with van der Waals surface area (Å²) in [5.41, 5.74) is 9.15. The van der Waals surface area contributed by atoms with Gasteiger partial charge < -0.3 is 15.4 Å². The van der Waals surface area contributed by atoms with Gasteiger partial charge in [-0.05, 0) is 35.7 Å². The second-order valence-corrected chi connectivity index (χ2v) is 9.21. The van der Waals surface area contributed by atoms with Gasteiger partial charge in [-0.3, -0.25) is 9.36 Å². The minimum absolute atomic E-state index is 0.105. The van der Waals surface area contributed by atoms with Crippen LogP contribution in [0.1, 0.15) is 28.4 Å². The fourth-order valence-corrected chi connectivity index (χ4v) is 4.76. The molecule has 4 aromatic rings. The second-order valence-electron chi connectivity index (χ2n) is 8.29. The maximum atomic E-state index is 13.7.